The fourth-order valence-corrected chi connectivity index (χ4v) is 6.59. The Morgan fingerprint density at radius 3 is 2.71 bits per heavy atom. The van der Waals surface area contributed by atoms with Crippen LogP contribution in [-0.2, 0) is 9.84 Å². The van der Waals surface area contributed by atoms with E-state index in [-0.39, 0.29) is 5.75 Å². The smallest absolute Gasteiger partial charge is 0.154 e. The molecule has 1 aromatic heterocycles. The maximum Gasteiger partial charge on any atom is 0.154 e. The molecule has 2 unspecified atom stereocenters. The maximum absolute atomic E-state index is 12.0. The number of sulfone groups is 1. The molecular formula is C10H11BrCl2O2S2. The Morgan fingerprint density at radius 2 is 2.18 bits per heavy atom. The highest BCUT2D eigenvalue weighted by Gasteiger charge is 2.36. The average Bonchev–Trinajstić information content (AvgIpc) is 2.58. The van der Waals surface area contributed by atoms with E-state index in [1.807, 2.05) is 6.07 Å². The van der Waals surface area contributed by atoms with Crippen LogP contribution < -0.4 is 0 Å². The van der Waals surface area contributed by atoms with Crippen LogP contribution in [0.25, 0.3) is 0 Å². The molecule has 17 heavy (non-hydrogen) atoms. The van der Waals surface area contributed by atoms with Crippen molar-refractivity contribution in [2.45, 2.75) is 29.9 Å². The second-order valence-corrected chi connectivity index (χ2v) is 9.42. The van der Waals surface area contributed by atoms with Gasteiger partial charge in [0.05, 0.1) is 16.4 Å². The van der Waals surface area contributed by atoms with Gasteiger partial charge in [0, 0.05) is 9.35 Å². The molecule has 2 nitrogen and oxygen atoms in total. The summed E-state index contributed by atoms with van der Waals surface area (Å²) in [6.45, 7) is 0. The highest BCUT2D eigenvalue weighted by molar-refractivity contribution is 9.10. The van der Waals surface area contributed by atoms with Gasteiger partial charge in [0.15, 0.2) is 9.84 Å². The van der Waals surface area contributed by atoms with Crippen molar-refractivity contribution >= 4 is 60.3 Å². The van der Waals surface area contributed by atoms with Gasteiger partial charge in [0.25, 0.3) is 0 Å². The molecule has 0 bridgehead atoms. The first-order valence-corrected chi connectivity index (χ1v) is 9.36. The highest BCUT2D eigenvalue weighted by atomic mass is 79.9. The summed E-state index contributed by atoms with van der Waals surface area (Å²) < 4.78 is 25.3. The van der Waals surface area contributed by atoms with Crippen LogP contribution in [-0.4, -0.2) is 19.4 Å². The lowest BCUT2D eigenvalue weighted by atomic mass is 10.1. The number of hydrogen-bond donors (Lipinski definition) is 0. The van der Waals surface area contributed by atoms with Gasteiger partial charge in [-0.05, 0) is 34.8 Å². The molecule has 1 aromatic rings. The summed E-state index contributed by atoms with van der Waals surface area (Å²) in [6.07, 6.45) is 2.31. The van der Waals surface area contributed by atoms with Gasteiger partial charge < -0.3 is 0 Å². The zero-order valence-electron chi connectivity index (χ0n) is 8.83. The van der Waals surface area contributed by atoms with Crippen LogP contribution in [0.2, 0.25) is 4.34 Å². The van der Waals surface area contributed by atoms with Crippen molar-refractivity contribution < 1.29 is 8.42 Å². The first-order chi connectivity index (χ1) is 7.92. The fourth-order valence-electron chi connectivity index (χ4n) is 1.99. The standard InChI is InChI=1S/C10H11BrCl2O2S2/c11-6-5-7(16-10(6)13)9(12)8-3-1-2-4-17(8,14)15/h5,8-9H,1-4H2. The Morgan fingerprint density at radius 1 is 1.47 bits per heavy atom. The van der Waals surface area contributed by atoms with E-state index in [9.17, 15) is 8.42 Å². The van der Waals surface area contributed by atoms with E-state index >= 15 is 0 Å². The van der Waals surface area contributed by atoms with E-state index in [1.54, 1.807) is 0 Å². The van der Waals surface area contributed by atoms with E-state index in [2.05, 4.69) is 15.9 Å². The van der Waals surface area contributed by atoms with Crippen molar-refractivity contribution in [3.63, 3.8) is 0 Å². The molecule has 7 heteroatoms. The lowest BCUT2D eigenvalue weighted by Gasteiger charge is -2.25. The van der Waals surface area contributed by atoms with Gasteiger partial charge in [-0.3, -0.25) is 0 Å². The minimum Gasteiger partial charge on any atom is -0.228 e. The van der Waals surface area contributed by atoms with E-state index in [0.29, 0.717) is 10.8 Å². The Labute approximate surface area is 123 Å². The third-order valence-electron chi connectivity index (χ3n) is 2.89. The zero-order chi connectivity index (χ0) is 12.6. The van der Waals surface area contributed by atoms with Crippen LogP contribution in [0.4, 0.5) is 0 Å². The molecule has 96 valence electrons. The summed E-state index contributed by atoms with van der Waals surface area (Å²) in [5.74, 6) is 0.251. The fraction of sp³-hybridized carbons (Fsp3) is 0.600. The van der Waals surface area contributed by atoms with Crippen molar-refractivity contribution in [3.05, 3.63) is 19.8 Å². The number of hydrogen-bond acceptors (Lipinski definition) is 3. The van der Waals surface area contributed by atoms with E-state index < -0.39 is 20.5 Å². The summed E-state index contributed by atoms with van der Waals surface area (Å²) in [7, 11) is -3.06. The average molecular weight is 378 g/mol. The molecule has 1 aliphatic rings. The topological polar surface area (TPSA) is 34.1 Å². The van der Waals surface area contributed by atoms with Crippen LogP contribution >= 0.6 is 50.5 Å². The number of thiophene rings is 1. The molecule has 0 aliphatic carbocycles. The van der Waals surface area contributed by atoms with Gasteiger partial charge in [0.2, 0.25) is 0 Å². The number of halogens is 3. The predicted molar refractivity (Wildman–Crippen MR) is 77.0 cm³/mol. The minimum absolute atomic E-state index is 0.251. The van der Waals surface area contributed by atoms with Gasteiger partial charge in [-0.25, -0.2) is 8.42 Å². The Bertz CT molecular complexity index is 493. The summed E-state index contributed by atoms with van der Waals surface area (Å²) in [4.78, 5) is 0.819. The first kappa shape index (κ1) is 14.1. The molecule has 2 rings (SSSR count). The molecule has 1 aliphatic heterocycles. The number of alkyl halides is 1. The lowest BCUT2D eigenvalue weighted by molar-refractivity contribution is 0.535. The first-order valence-electron chi connectivity index (χ1n) is 5.22. The summed E-state index contributed by atoms with van der Waals surface area (Å²) in [6, 6.07) is 1.81. The zero-order valence-corrected chi connectivity index (χ0v) is 13.6. The van der Waals surface area contributed by atoms with Crippen molar-refractivity contribution in [1.29, 1.82) is 0 Å². The highest BCUT2D eigenvalue weighted by Crippen LogP contribution is 2.42. The third kappa shape index (κ3) is 3.00. The normalized spacial score (nSPS) is 25.7. The number of rotatable bonds is 2. The molecule has 0 aromatic carbocycles. The Hall–Kier alpha value is 0.710. The monoisotopic (exact) mass is 376 g/mol. The van der Waals surface area contributed by atoms with Crippen LogP contribution in [0.5, 0.6) is 0 Å². The van der Waals surface area contributed by atoms with Crippen molar-refractivity contribution in [2.24, 2.45) is 0 Å². The Balaban J connectivity index is 2.27. The predicted octanol–water partition coefficient (Wildman–Crippen LogP) is 4.41. The van der Waals surface area contributed by atoms with Gasteiger partial charge in [0.1, 0.15) is 4.34 Å². The quantitative estimate of drug-likeness (QED) is 0.715. The molecule has 2 atom stereocenters. The Kier molecular flexibility index (Phi) is 4.46. The molecule has 0 spiro atoms. The minimum atomic E-state index is -3.06. The SMILES string of the molecule is O=S1(=O)CCCCC1C(Cl)c1cc(Br)c(Cl)s1. The van der Waals surface area contributed by atoms with Crippen LogP contribution in [0.1, 0.15) is 29.5 Å². The lowest BCUT2D eigenvalue weighted by Crippen LogP contribution is -2.31. The van der Waals surface area contributed by atoms with Gasteiger partial charge in [-0.1, -0.05) is 18.0 Å². The van der Waals surface area contributed by atoms with Crippen LogP contribution in [0, 0.1) is 0 Å². The molecule has 1 fully saturated rings. The van der Waals surface area contributed by atoms with Gasteiger partial charge >= 0.3 is 0 Å². The molecular weight excluding hydrogens is 367 g/mol. The largest absolute Gasteiger partial charge is 0.228 e. The van der Waals surface area contributed by atoms with Crippen molar-refractivity contribution in [1.82, 2.24) is 0 Å². The second kappa shape index (κ2) is 5.37. The molecule has 0 radical (unpaired) electrons. The molecule has 0 saturated carbocycles. The van der Waals surface area contributed by atoms with Crippen molar-refractivity contribution in [2.75, 3.05) is 5.75 Å². The van der Waals surface area contributed by atoms with Crippen LogP contribution in [0.3, 0.4) is 0 Å². The van der Waals surface area contributed by atoms with Crippen LogP contribution in [0.15, 0.2) is 10.5 Å². The van der Waals surface area contributed by atoms with E-state index in [0.717, 1.165) is 22.2 Å². The molecule has 0 N–H and O–H groups in total. The summed E-state index contributed by atoms with van der Waals surface area (Å²) in [5.41, 5.74) is 0. The van der Waals surface area contributed by atoms with Crippen molar-refractivity contribution in [3.8, 4) is 0 Å². The molecule has 0 amide bonds. The third-order valence-corrected chi connectivity index (χ3v) is 8.56. The second-order valence-electron chi connectivity index (χ2n) is 4.07. The summed E-state index contributed by atoms with van der Waals surface area (Å²) >= 11 is 16.9. The molecule has 2 heterocycles. The maximum atomic E-state index is 12.0. The molecule has 1 saturated heterocycles. The van der Waals surface area contributed by atoms with Gasteiger partial charge in [-0.15, -0.1) is 22.9 Å². The van der Waals surface area contributed by atoms with E-state index in [1.165, 1.54) is 11.3 Å². The van der Waals surface area contributed by atoms with E-state index in [4.69, 9.17) is 23.2 Å². The summed E-state index contributed by atoms with van der Waals surface area (Å²) in [5, 5.41) is -0.964. The van der Waals surface area contributed by atoms with Gasteiger partial charge in [-0.2, -0.15) is 0 Å².